The maximum atomic E-state index is 12.4. The van der Waals surface area contributed by atoms with Crippen LogP contribution in [0, 0.1) is 5.92 Å². The molecule has 3 rings (SSSR count). The number of aromatic nitrogens is 3. The van der Waals surface area contributed by atoms with Crippen molar-refractivity contribution in [2.24, 2.45) is 5.92 Å². The van der Waals surface area contributed by atoms with E-state index < -0.39 is 11.9 Å². The highest BCUT2D eigenvalue weighted by atomic mass is 32.2. The third-order valence-corrected chi connectivity index (χ3v) is 5.54. The normalized spacial score (nSPS) is 14.7. The molecule has 144 valence electrons. The lowest BCUT2D eigenvalue weighted by Crippen LogP contribution is -2.34. The van der Waals surface area contributed by atoms with Crippen molar-refractivity contribution in [1.82, 2.24) is 19.7 Å². The van der Waals surface area contributed by atoms with E-state index in [-0.39, 0.29) is 18.2 Å². The standard InChI is InChI=1S/C19H24N4O3S/c1-13(18(25)26)10-22(2)16(24)12-27-19-21-20-17(15-8-9-15)23(19)11-14-6-4-3-5-7-14/h3-7,13,15H,8-12H2,1-2H3,(H,25,26). The lowest BCUT2D eigenvalue weighted by molar-refractivity contribution is -0.142. The van der Waals surface area contributed by atoms with Crippen LogP contribution in [-0.2, 0) is 16.1 Å². The molecule has 1 atom stereocenters. The zero-order valence-electron chi connectivity index (χ0n) is 15.5. The third-order valence-electron chi connectivity index (χ3n) is 4.59. The van der Waals surface area contributed by atoms with Crippen molar-refractivity contribution < 1.29 is 14.7 Å². The molecule has 7 nitrogen and oxygen atoms in total. The zero-order chi connectivity index (χ0) is 19.4. The van der Waals surface area contributed by atoms with E-state index in [0.29, 0.717) is 12.5 Å². The Hall–Kier alpha value is -2.35. The van der Waals surface area contributed by atoms with E-state index in [1.54, 1.807) is 14.0 Å². The van der Waals surface area contributed by atoms with E-state index in [9.17, 15) is 9.59 Å². The summed E-state index contributed by atoms with van der Waals surface area (Å²) in [7, 11) is 1.63. The van der Waals surface area contributed by atoms with Crippen LogP contribution in [0.25, 0.3) is 0 Å². The Balaban J connectivity index is 1.66. The smallest absolute Gasteiger partial charge is 0.308 e. The molecule has 0 saturated heterocycles. The molecule has 27 heavy (non-hydrogen) atoms. The fraction of sp³-hybridized carbons (Fsp3) is 0.474. The molecule has 1 N–H and O–H groups in total. The van der Waals surface area contributed by atoms with Gasteiger partial charge in [-0.15, -0.1) is 10.2 Å². The topological polar surface area (TPSA) is 88.3 Å². The Morgan fingerprint density at radius 2 is 2.00 bits per heavy atom. The van der Waals surface area contributed by atoms with Gasteiger partial charge in [0, 0.05) is 19.5 Å². The van der Waals surface area contributed by atoms with Gasteiger partial charge in [-0.2, -0.15) is 0 Å². The van der Waals surface area contributed by atoms with Crippen LogP contribution in [0.2, 0.25) is 0 Å². The van der Waals surface area contributed by atoms with Crippen molar-refractivity contribution in [2.45, 2.75) is 37.4 Å². The Kier molecular flexibility index (Phi) is 6.15. The van der Waals surface area contributed by atoms with Crippen molar-refractivity contribution >= 4 is 23.6 Å². The number of benzene rings is 1. The van der Waals surface area contributed by atoms with E-state index in [2.05, 4.69) is 26.9 Å². The third kappa shape index (κ3) is 5.09. The number of carbonyl (C=O) groups is 2. The monoisotopic (exact) mass is 388 g/mol. The quantitative estimate of drug-likeness (QED) is 0.664. The van der Waals surface area contributed by atoms with E-state index in [0.717, 1.165) is 23.8 Å². The van der Waals surface area contributed by atoms with Gasteiger partial charge in [-0.3, -0.25) is 9.59 Å². The molecule has 1 aromatic carbocycles. The number of thioether (sulfide) groups is 1. The second-order valence-corrected chi connectivity index (χ2v) is 7.93. The van der Waals surface area contributed by atoms with Crippen molar-refractivity contribution in [3.05, 3.63) is 41.7 Å². The van der Waals surface area contributed by atoms with Crippen molar-refractivity contribution in [3.8, 4) is 0 Å². The van der Waals surface area contributed by atoms with Gasteiger partial charge >= 0.3 is 5.97 Å². The summed E-state index contributed by atoms with van der Waals surface area (Å²) in [6.07, 6.45) is 2.26. The summed E-state index contributed by atoms with van der Waals surface area (Å²) in [5, 5.41) is 18.4. The molecule has 0 spiro atoms. The summed E-state index contributed by atoms with van der Waals surface area (Å²) in [5.41, 5.74) is 1.17. The number of carbonyl (C=O) groups excluding carboxylic acids is 1. The lowest BCUT2D eigenvalue weighted by Gasteiger charge is -2.19. The first-order chi connectivity index (χ1) is 13.0. The van der Waals surface area contributed by atoms with Crippen molar-refractivity contribution in [1.29, 1.82) is 0 Å². The average Bonchev–Trinajstić information content (AvgIpc) is 3.42. The van der Waals surface area contributed by atoms with Crippen LogP contribution in [0.15, 0.2) is 35.5 Å². The number of aliphatic carboxylic acids is 1. The molecule has 1 saturated carbocycles. The highest BCUT2D eigenvalue weighted by Gasteiger charge is 2.30. The van der Waals surface area contributed by atoms with Gasteiger partial charge in [0.05, 0.1) is 18.2 Å². The first-order valence-electron chi connectivity index (χ1n) is 9.02. The molecule has 0 bridgehead atoms. The molecule has 1 aromatic heterocycles. The first-order valence-corrected chi connectivity index (χ1v) is 10.0. The Morgan fingerprint density at radius 1 is 1.30 bits per heavy atom. The molecule has 1 amide bonds. The van der Waals surface area contributed by atoms with Crippen LogP contribution in [0.1, 0.15) is 37.1 Å². The molecule has 1 aliphatic rings. The fourth-order valence-electron chi connectivity index (χ4n) is 2.79. The fourth-order valence-corrected chi connectivity index (χ4v) is 3.68. The van der Waals surface area contributed by atoms with Crippen LogP contribution in [0.5, 0.6) is 0 Å². The summed E-state index contributed by atoms with van der Waals surface area (Å²) < 4.78 is 2.10. The molecule has 1 aliphatic carbocycles. The van der Waals surface area contributed by atoms with Crippen LogP contribution >= 0.6 is 11.8 Å². The first kappa shape index (κ1) is 19.4. The second kappa shape index (κ2) is 8.56. The molecular formula is C19H24N4O3S. The Labute approximate surface area is 162 Å². The minimum atomic E-state index is -0.904. The van der Waals surface area contributed by atoms with Gasteiger partial charge in [-0.25, -0.2) is 0 Å². The van der Waals surface area contributed by atoms with Crippen LogP contribution in [0.3, 0.4) is 0 Å². The summed E-state index contributed by atoms with van der Waals surface area (Å²) in [5.74, 6) is 0.0499. The number of nitrogens with zero attached hydrogens (tertiary/aromatic N) is 4. The number of rotatable bonds is 9. The van der Waals surface area contributed by atoms with Gasteiger partial charge in [0.2, 0.25) is 5.91 Å². The molecule has 1 fully saturated rings. The summed E-state index contributed by atoms with van der Waals surface area (Å²) in [4.78, 5) is 24.8. The van der Waals surface area contributed by atoms with Gasteiger partial charge in [0.15, 0.2) is 5.16 Å². The summed E-state index contributed by atoms with van der Waals surface area (Å²) in [6.45, 7) is 2.47. The van der Waals surface area contributed by atoms with Crippen molar-refractivity contribution in [2.75, 3.05) is 19.3 Å². The maximum absolute atomic E-state index is 12.4. The highest BCUT2D eigenvalue weighted by molar-refractivity contribution is 7.99. The Morgan fingerprint density at radius 3 is 2.63 bits per heavy atom. The summed E-state index contributed by atoms with van der Waals surface area (Å²) in [6, 6.07) is 10.1. The number of carboxylic acid groups (broad SMARTS) is 1. The van der Waals surface area contributed by atoms with Crippen molar-refractivity contribution in [3.63, 3.8) is 0 Å². The molecule has 0 radical (unpaired) electrons. The molecular weight excluding hydrogens is 364 g/mol. The average molecular weight is 388 g/mol. The lowest BCUT2D eigenvalue weighted by atomic mass is 10.2. The highest BCUT2D eigenvalue weighted by Crippen LogP contribution is 2.40. The largest absolute Gasteiger partial charge is 0.481 e. The maximum Gasteiger partial charge on any atom is 0.308 e. The zero-order valence-corrected chi connectivity index (χ0v) is 16.4. The van der Waals surface area contributed by atoms with Gasteiger partial charge in [0.25, 0.3) is 0 Å². The predicted octanol–water partition coefficient (Wildman–Crippen LogP) is 2.48. The van der Waals surface area contributed by atoms with Gasteiger partial charge in [-0.1, -0.05) is 49.0 Å². The van der Waals surface area contributed by atoms with Gasteiger partial charge in [-0.05, 0) is 18.4 Å². The molecule has 1 unspecified atom stereocenters. The number of amides is 1. The van der Waals surface area contributed by atoms with Crippen LogP contribution in [-0.4, -0.2) is 56.0 Å². The van der Waals surface area contributed by atoms with E-state index in [4.69, 9.17) is 5.11 Å². The van der Waals surface area contributed by atoms with Crippen LogP contribution in [0.4, 0.5) is 0 Å². The second-order valence-electron chi connectivity index (χ2n) is 6.99. The molecule has 0 aliphatic heterocycles. The van der Waals surface area contributed by atoms with E-state index in [1.807, 2.05) is 18.2 Å². The SMILES string of the molecule is CC(CN(C)C(=O)CSc1nnc(C2CC2)n1Cc1ccccc1)C(=O)O. The predicted molar refractivity (Wildman–Crippen MR) is 103 cm³/mol. The molecule has 1 heterocycles. The van der Waals surface area contributed by atoms with Gasteiger partial charge in [0.1, 0.15) is 5.82 Å². The van der Waals surface area contributed by atoms with E-state index >= 15 is 0 Å². The van der Waals surface area contributed by atoms with Crippen LogP contribution < -0.4 is 0 Å². The minimum Gasteiger partial charge on any atom is -0.481 e. The van der Waals surface area contributed by atoms with E-state index in [1.165, 1.54) is 22.2 Å². The van der Waals surface area contributed by atoms with Gasteiger partial charge < -0.3 is 14.6 Å². The number of carboxylic acids is 1. The molecule has 8 heteroatoms. The number of hydrogen-bond donors (Lipinski definition) is 1. The number of hydrogen-bond acceptors (Lipinski definition) is 5. The minimum absolute atomic E-state index is 0.115. The Bertz CT molecular complexity index is 805. The molecule has 2 aromatic rings. The summed E-state index contributed by atoms with van der Waals surface area (Å²) >= 11 is 1.35.